The molecule has 0 aromatic heterocycles. The lowest BCUT2D eigenvalue weighted by molar-refractivity contribution is 0.233. The zero-order chi connectivity index (χ0) is 13.2. The van der Waals surface area contributed by atoms with Crippen LogP contribution in [-0.4, -0.2) is 45.8 Å². The van der Waals surface area contributed by atoms with E-state index in [2.05, 4.69) is 10.2 Å². The number of hydrogen-bond acceptors (Lipinski definition) is 4. The summed E-state index contributed by atoms with van der Waals surface area (Å²) >= 11 is 0. The van der Waals surface area contributed by atoms with E-state index in [1.165, 1.54) is 12.1 Å². The van der Waals surface area contributed by atoms with Gasteiger partial charge in [0.15, 0.2) is 9.84 Å². The molecule has 2 rings (SSSR count). The summed E-state index contributed by atoms with van der Waals surface area (Å²) < 4.78 is 36.3. The highest BCUT2D eigenvalue weighted by atomic mass is 32.2. The van der Waals surface area contributed by atoms with Crippen LogP contribution in [0.3, 0.4) is 0 Å². The van der Waals surface area contributed by atoms with Crippen molar-refractivity contribution in [1.82, 2.24) is 10.2 Å². The van der Waals surface area contributed by atoms with Gasteiger partial charge in [0, 0.05) is 39.0 Å². The summed E-state index contributed by atoms with van der Waals surface area (Å²) in [5, 5.41) is 3.25. The monoisotopic (exact) mass is 272 g/mol. The Balaban J connectivity index is 2.13. The summed E-state index contributed by atoms with van der Waals surface area (Å²) in [7, 11) is -3.48. The summed E-state index contributed by atoms with van der Waals surface area (Å²) in [6.07, 6.45) is 1.02. The van der Waals surface area contributed by atoms with Crippen LogP contribution in [0.2, 0.25) is 0 Å². The normalized spacial score (nSPS) is 17.9. The second-order valence-corrected chi connectivity index (χ2v) is 6.55. The summed E-state index contributed by atoms with van der Waals surface area (Å²) in [6.45, 7) is 4.38. The van der Waals surface area contributed by atoms with Crippen molar-refractivity contribution >= 4 is 9.84 Å². The average Bonchev–Trinajstić information content (AvgIpc) is 2.28. The minimum Gasteiger partial charge on any atom is -0.314 e. The van der Waals surface area contributed by atoms with Crippen LogP contribution in [0.5, 0.6) is 0 Å². The Kier molecular flexibility index (Phi) is 3.99. The summed E-state index contributed by atoms with van der Waals surface area (Å²) in [6, 6.07) is 4.35. The summed E-state index contributed by atoms with van der Waals surface area (Å²) in [4.78, 5) is 1.98. The first-order valence-corrected chi connectivity index (χ1v) is 7.77. The highest BCUT2D eigenvalue weighted by molar-refractivity contribution is 7.90. The van der Waals surface area contributed by atoms with Gasteiger partial charge in [-0.25, -0.2) is 12.8 Å². The molecule has 1 N–H and O–H groups in total. The molecule has 1 aliphatic rings. The van der Waals surface area contributed by atoms with Crippen molar-refractivity contribution in [3.8, 4) is 0 Å². The van der Waals surface area contributed by atoms with Crippen LogP contribution < -0.4 is 5.32 Å². The molecule has 0 spiro atoms. The molecular weight excluding hydrogens is 255 g/mol. The smallest absolute Gasteiger partial charge is 0.178 e. The van der Waals surface area contributed by atoms with Gasteiger partial charge < -0.3 is 5.32 Å². The van der Waals surface area contributed by atoms with Crippen LogP contribution in [0, 0.1) is 5.82 Å². The molecular formula is C12H17FN2O2S. The van der Waals surface area contributed by atoms with Gasteiger partial charge in [-0.05, 0) is 17.7 Å². The van der Waals surface area contributed by atoms with Crippen molar-refractivity contribution in [2.75, 3.05) is 32.4 Å². The molecule has 18 heavy (non-hydrogen) atoms. The molecule has 4 nitrogen and oxygen atoms in total. The zero-order valence-corrected chi connectivity index (χ0v) is 11.1. The van der Waals surface area contributed by atoms with Crippen molar-refractivity contribution in [2.24, 2.45) is 0 Å². The van der Waals surface area contributed by atoms with Crippen LogP contribution in [0.15, 0.2) is 23.1 Å². The third-order valence-corrected chi connectivity index (χ3v) is 4.14. The standard InChI is InChI=1S/C12H17FN2O2S/c1-18(16,17)12-3-2-10(8-11(12)13)9-15-6-4-14-5-7-15/h2-3,8,14H,4-7,9H2,1H3. The lowest BCUT2D eigenvalue weighted by Crippen LogP contribution is -2.42. The number of halogens is 1. The number of rotatable bonds is 3. The molecule has 0 aliphatic carbocycles. The molecule has 1 aromatic carbocycles. The van der Waals surface area contributed by atoms with Crippen molar-refractivity contribution in [2.45, 2.75) is 11.4 Å². The van der Waals surface area contributed by atoms with Gasteiger partial charge in [-0.15, -0.1) is 0 Å². The van der Waals surface area contributed by atoms with E-state index in [1.807, 2.05) is 0 Å². The van der Waals surface area contributed by atoms with Crippen LogP contribution >= 0.6 is 0 Å². The van der Waals surface area contributed by atoms with Gasteiger partial charge in [0.25, 0.3) is 0 Å². The maximum atomic E-state index is 13.7. The van der Waals surface area contributed by atoms with Gasteiger partial charge in [0.2, 0.25) is 0 Å². The molecule has 1 heterocycles. The Morgan fingerprint density at radius 2 is 2.00 bits per heavy atom. The number of benzene rings is 1. The van der Waals surface area contributed by atoms with Gasteiger partial charge >= 0.3 is 0 Å². The Morgan fingerprint density at radius 3 is 2.56 bits per heavy atom. The molecule has 0 saturated carbocycles. The highest BCUT2D eigenvalue weighted by Gasteiger charge is 2.15. The lowest BCUT2D eigenvalue weighted by Gasteiger charge is -2.27. The van der Waals surface area contributed by atoms with E-state index in [-0.39, 0.29) is 4.90 Å². The quantitative estimate of drug-likeness (QED) is 0.877. The van der Waals surface area contributed by atoms with Crippen LogP contribution in [0.4, 0.5) is 4.39 Å². The van der Waals surface area contributed by atoms with Gasteiger partial charge in [-0.1, -0.05) is 6.07 Å². The highest BCUT2D eigenvalue weighted by Crippen LogP contribution is 2.17. The molecule has 0 bridgehead atoms. The third-order valence-electron chi connectivity index (χ3n) is 3.01. The van der Waals surface area contributed by atoms with Crippen molar-refractivity contribution < 1.29 is 12.8 Å². The molecule has 1 aliphatic heterocycles. The maximum Gasteiger partial charge on any atom is 0.178 e. The molecule has 0 radical (unpaired) electrons. The molecule has 0 atom stereocenters. The fourth-order valence-corrected chi connectivity index (χ4v) is 2.80. The van der Waals surface area contributed by atoms with E-state index >= 15 is 0 Å². The third kappa shape index (κ3) is 3.28. The molecule has 1 saturated heterocycles. The van der Waals surface area contributed by atoms with Gasteiger partial charge in [0.05, 0.1) is 0 Å². The number of piperazine rings is 1. The van der Waals surface area contributed by atoms with E-state index in [0.717, 1.165) is 38.0 Å². The van der Waals surface area contributed by atoms with E-state index < -0.39 is 15.7 Å². The largest absolute Gasteiger partial charge is 0.314 e. The molecule has 6 heteroatoms. The SMILES string of the molecule is CS(=O)(=O)c1ccc(CN2CCNCC2)cc1F. The molecule has 1 fully saturated rings. The number of nitrogens with one attached hydrogen (secondary N) is 1. The van der Waals surface area contributed by atoms with Gasteiger partial charge in [0.1, 0.15) is 10.7 Å². The maximum absolute atomic E-state index is 13.7. The summed E-state index contributed by atoms with van der Waals surface area (Å²) in [5.74, 6) is -0.662. The molecule has 0 unspecified atom stereocenters. The van der Waals surface area contributed by atoms with Crippen LogP contribution in [0.25, 0.3) is 0 Å². The number of sulfone groups is 1. The lowest BCUT2D eigenvalue weighted by atomic mass is 10.2. The fraction of sp³-hybridized carbons (Fsp3) is 0.500. The Hall–Kier alpha value is -0.980. The van der Waals surface area contributed by atoms with Crippen LogP contribution in [-0.2, 0) is 16.4 Å². The minimum absolute atomic E-state index is 0.230. The first-order valence-electron chi connectivity index (χ1n) is 5.88. The van der Waals surface area contributed by atoms with Crippen molar-refractivity contribution in [3.63, 3.8) is 0 Å². The van der Waals surface area contributed by atoms with Crippen molar-refractivity contribution in [1.29, 1.82) is 0 Å². The second-order valence-electron chi connectivity index (χ2n) is 4.56. The topological polar surface area (TPSA) is 49.4 Å². The molecule has 1 aromatic rings. The van der Waals surface area contributed by atoms with E-state index in [1.54, 1.807) is 6.07 Å². The predicted molar refractivity (Wildman–Crippen MR) is 67.7 cm³/mol. The first-order chi connectivity index (χ1) is 8.47. The van der Waals surface area contributed by atoms with E-state index in [0.29, 0.717) is 6.54 Å². The Bertz CT molecular complexity index is 525. The first kappa shape index (κ1) is 13.5. The van der Waals surface area contributed by atoms with E-state index in [9.17, 15) is 12.8 Å². The zero-order valence-electron chi connectivity index (χ0n) is 10.3. The van der Waals surface area contributed by atoms with Gasteiger partial charge in [-0.2, -0.15) is 0 Å². The fourth-order valence-electron chi connectivity index (χ4n) is 2.07. The number of hydrogen-bond donors (Lipinski definition) is 1. The molecule has 0 amide bonds. The Labute approximate surface area is 107 Å². The molecule has 100 valence electrons. The summed E-state index contributed by atoms with van der Waals surface area (Å²) in [5.41, 5.74) is 0.807. The van der Waals surface area contributed by atoms with E-state index in [4.69, 9.17) is 0 Å². The number of nitrogens with zero attached hydrogens (tertiary/aromatic N) is 1. The Morgan fingerprint density at radius 1 is 1.33 bits per heavy atom. The van der Waals surface area contributed by atoms with Crippen molar-refractivity contribution in [3.05, 3.63) is 29.6 Å². The second kappa shape index (κ2) is 5.34. The van der Waals surface area contributed by atoms with Crippen LogP contribution in [0.1, 0.15) is 5.56 Å². The average molecular weight is 272 g/mol. The predicted octanol–water partition coefficient (Wildman–Crippen LogP) is 0.634. The van der Waals surface area contributed by atoms with Gasteiger partial charge in [-0.3, -0.25) is 4.90 Å². The minimum atomic E-state index is -3.48.